The lowest BCUT2D eigenvalue weighted by molar-refractivity contribution is -0.385. The molecule has 0 saturated carbocycles. The van der Waals surface area contributed by atoms with Crippen LogP contribution in [0.2, 0.25) is 0 Å². The first kappa shape index (κ1) is 13.9. The Morgan fingerprint density at radius 2 is 2.17 bits per heavy atom. The zero-order valence-corrected chi connectivity index (χ0v) is 10.0. The van der Waals surface area contributed by atoms with Gasteiger partial charge >= 0.3 is 11.7 Å². The lowest BCUT2D eigenvalue weighted by atomic mass is 10.1. The van der Waals surface area contributed by atoms with E-state index in [-0.39, 0.29) is 16.3 Å². The molecule has 0 saturated heterocycles. The van der Waals surface area contributed by atoms with E-state index in [0.29, 0.717) is 6.29 Å². The van der Waals surface area contributed by atoms with Crippen LogP contribution >= 0.6 is 11.6 Å². The second kappa shape index (κ2) is 5.92. The minimum absolute atomic E-state index is 0.0578. The van der Waals surface area contributed by atoms with Gasteiger partial charge in [-0.2, -0.15) is 0 Å². The fourth-order valence-electron chi connectivity index (χ4n) is 1.21. The molecule has 0 N–H and O–H groups in total. The predicted octanol–water partition coefficient (Wildman–Crippen LogP) is 2.30. The number of hydrogen-bond donors (Lipinski definition) is 0. The van der Waals surface area contributed by atoms with Crippen molar-refractivity contribution in [2.75, 3.05) is 0 Å². The van der Waals surface area contributed by atoms with Crippen LogP contribution in [0.25, 0.3) is 5.03 Å². The molecule has 0 bridgehead atoms. The zero-order valence-electron chi connectivity index (χ0n) is 9.25. The molecule has 18 heavy (non-hydrogen) atoms. The van der Waals surface area contributed by atoms with Gasteiger partial charge in [-0.15, -0.1) is 0 Å². The summed E-state index contributed by atoms with van der Waals surface area (Å²) in [6.45, 7) is 1.14. The van der Waals surface area contributed by atoms with Crippen LogP contribution in [0.5, 0.6) is 5.75 Å². The van der Waals surface area contributed by atoms with Gasteiger partial charge in [0.1, 0.15) is 6.29 Å². The number of carbonyl (C=O) groups is 2. The van der Waals surface area contributed by atoms with Crippen molar-refractivity contribution in [2.24, 2.45) is 0 Å². The van der Waals surface area contributed by atoms with Crippen molar-refractivity contribution in [1.82, 2.24) is 0 Å². The van der Waals surface area contributed by atoms with Crippen LogP contribution in [0.4, 0.5) is 5.69 Å². The molecule has 1 rings (SSSR count). The normalized spacial score (nSPS) is 10.9. The maximum absolute atomic E-state index is 10.8. The highest BCUT2D eigenvalue weighted by molar-refractivity contribution is 6.49. The standard InChI is InChI=1S/C11H8ClNO5/c1-7(15)18-11-3-2-8(9(12)4-5-14)6-10(11)13(16)17/h2-6H,1H3/b9-4-. The van der Waals surface area contributed by atoms with E-state index in [1.165, 1.54) is 12.1 Å². The largest absolute Gasteiger partial charge is 0.419 e. The molecule has 6 nitrogen and oxygen atoms in total. The van der Waals surface area contributed by atoms with E-state index in [0.717, 1.165) is 19.1 Å². The Labute approximate surface area is 107 Å². The van der Waals surface area contributed by atoms with E-state index in [1.807, 2.05) is 0 Å². The first-order valence-electron chi connectivity index (χ1n) is 4.74. The molecule has 0 unspecified atom stereocenters. The van der Waals surface area contributed by atoms with Crippen LogP contribution in [0.3, 0.4) is 0 Å². The number of esters is 1. The number of halogens is 1. The molecule has 0 amide bonds. The predicted molar refractivity (Wildman–Crippen MR) is 64.3 cm³/mol. The number of ether oxygens (including phenoxy) is 1. The van der Waals surface area contributed by atoms with Crippen molar-refractivity contribution in [3.63, 3.8) is 0 Å². The van der Waals surface area contributed by atoms with Gasteiger partial charge in [-0.1, -0.05) is 11.6 Å². The summed E-state index contributed by atoms with van der Waals surface area (Å²) in [4.78, 5) is 31.2. The summed E-state index contributed by atoms with van der Waals surface area (Å²) in [5.74, 6) is -0.841. The van der Waals surface area contributed by atoms with Crippen LogP contribution in [0.15, 0.2) is 24.3 Å². The van der Waals surface area contributed by atoms with Crippen molar-refractivity contribution >= 4 is 34.6 Å². The molecule has 1 aromatic rings. The Morgan fingerprint density at radius 1 is 1.50 bits per heavy atom. The summed E-state index contributed by atoms with van der Waals surface area (Å²) >= 11 is 5.74. The summed E-state index contributed by atoms with van der Waals surface area (Å²) in [7, 11) is 0. The lowest BCUT2D eigenvalue weighted by Crippen LogP contribution is -2.04. The third-order valence-corrected chi connectivity index (χ3v) is 2.24. The third kappa shape index (κ3) is 3.39. The van der Waals surface area contributed by atoms with Gasteiger partial charge in [0.2, 0.25) is 5.75 Å². The topological polar surface area (TPSA) is 86.5 Å². The molecule has 7 heteroatoms. The van der Waals surface area contributed by atoms with Crippen molar-refractivity contribution in [2.45, 2.75) is 6.92 Å². The number of hydrogen-bond acceptors (Lipinski definition) is 5. The van der Waals surface area contributed by atoms with Gasteiger partial charge < -0.3 is 4.74 Å². The average Bonchev–Trinajstić information content (AvgIpc) is 2.28. The SMILES string of the molecule is CC(=O)Oc1ccc(/C(Cl)=C/C=O)cc1[N+](=O)[O-]. The Kier molecular flexibility index (Phi) is 4.56. The van der Waals surface area contributed by atoms with Gasteiger partial charge in [0.15, 0.2) is 0 Å². The third-order valence-electron chi connectivity index (χ3n) is 1.90. The summed E-state index contributed by atoms with van der Waals surface area (Å²) < 4.78 is 4.69. The monoisotopic (exact) mass is 269 g/mol. The van der Waals surface area contributed by atoms with Crippen molar-refractivity contribution in [3.05, 3.63) is 40.0 Å². The molecule has 0 spiro atoms. The number of aldehydes is 1. The lowest BCUT2D eigenvalue weighted by Gasteiger charge is -2.04. The molecule has 94 valence electrons. The number of rotatable bonds is 4. The highest BCUT2D eigenvalue weighted by Crippen LogP contribution is 2.31. The van der Waals surface area contributed by atoms with Gasteiger partial charge in [-0.05, 0) is 18.2 Å². The molecule has 0 radical (unpaired) electrons. The summed E-state index contributed by atoms with van der Waals surface area (Å²) in [5, 5.41) is 10.9. The van der Waals surface area contributed by atoms with E-state index in [9.17, 15) is 19.7 Å². The highest BCUT2D eigenvalue weighted by Gasteiger charge is 2.18. The summed E-state index contributed by atoms with van der Waals surface area (Å²) in [6, 6.07) is 3.78. The quantitative estimate of drug-likeness (QED) is 0.209. The molecular formula is C11H8ClNO5. The van der Waals surface area contributed by atoms with Crippen LogP contribution in [-0.4, -0.2) is 17.2 Å². The van der Waals surface area contributed by atoms with E-state index >= 15 is 0 Å². The molecule has 0 aliphatic carbocycles. The minimum Gasteiger partial charge on any atom is -0.419 e. The molecule has 1 aromatic carbocycles. The first-order chi connectivity index (χ1) is 8.45. The number of carbonyl (C=O) groups excluding carboxylic acids is 2. The molecule has 0 aromatic heterocycles. The zero-order chi connectivity index (χ0) is 13.7. The van der Waals surface area contributed by atoms with Crippen molar-refractivity contribution in [1.29, 1.82) is 0 Å². The molecule has 0 heterocycles. The average molecular weight is 270 g/mol. The number of nitrogens with zero attached hydrogens (tertiary/aromatic N) is 1. The fourth-order valence-corrected chi connectivity index (χ4v) is 1.37. The highest BCUT2D eigenvalue weighted by atomic mass is 35.5. The van der Waals surface area contributed by atoms with Gasteiger partial charge in [-0.3, -0.25) is 19.7 Å². The maximum Gasteiger partial charge on any atom is 0.312 e. The Morgan fingerprint density at radius 3 is 2.67 bits per heavy atom. The number of nitro benzene ring substituents is 1. The van der Waals surface area contributed by atoms with Gasteiger partial charge in [0, 0.05) is 18.6 Å². The van der Waals surface area contributed by atoms with E-state index in [4.69, 9.17) is 11.6 Å². The molecular weight excluding hydrogens is 262 g/mol. The van der Waals surface area contributed by atoms with E-state index < -0.39 is 16.6 Å². The fraction of sp³-hybridized carbons (Fsp3) is 0.0909. The molecule has 0 atom stereocenters. The van der Waals surface area contributed by atoms with Crippen molar-refractivity contribution < 1.29 is 19.2 Å². The summed E-state index contributed by atoms with van der Waals surface area (Å²) in [6.07, 6.45) is 1.53. The van der Waals surface area contributed by atoms with E-state index in [1.54, 1.807) is 0 Å². The molecule has 0 aliphatic heterocycles. The number of benzene rings is 1. The van der Waals surface area contributed by atoms with Crippen LogP contribution in [0.1, 0.15) is 12.5 Å². The molecule has 0 aliphatic rings. The van der Waals surface area contributed by atoms with Gasteiger partial charge in [0.05, 0.1) is 9.96 Å². The van der Waals surface area contributed by atoms with Crippen molar-refractivity contribution in [3.8, 4) is 5.75 Å². The van der Waals surface area contributed by atoms with Gasteiger partial charge in [0.25, 0.3) is 0 Å². The minimum atomic E-state index is -0.702. The first-order valence-corrected chi connectivity index (χ1v) is 5.11. The van der Waals surface area contributed by atoms with Crippen LogP contribution < -0.4 is 4.74 Å². The number of allylic oxidation sites excluding steroid dienone is 1. The second-order valence-electron chi connectivity index (χ2n) is 3.18. The van der Waals surface area contributed by atoms with Gasteiger partial charge in [-0.25, -0.2) is 0 Å². The smallest absolute Gasteiger partial charge is 0.312 e. The van der Waals surface area contributed by atoms with Crippen LogP contribution in [0, 0.1) is 10.1 Å². The van der Waals surface area contributed by atoms with E-state index in [2.05, 4.69) is 4.74 Å². The Balaban J connectivity index is 3.27. The summed E-state index contributed by atoms with van der Waals surface area (Å²) in [5.41, 5.74) is -0.119. The molecule has 0 fully saturated rings. The Hall–Kier alpha value is -2.21. The van der Waals surface area contributed by atoms with Crippen LogP contribution in [-0.2, 0) is 9.59 Å². The number of nitro groups is 1. The maximum atomic E-state index is 10.8. The Bertz CT molecular complexity index is 538. The second-order valence-corrected chi connectivity index (χ2v) is 3.59.